The van der Waals surface area contributed by atoms with Crippen LogP contribution in [0, 0.1) is 5.92 Å². The summed E-state index contributed by atoms with van der Waals surface area (Å²) in [5.74, 6) is -3.62. The lowest BCUT2D eigenvalue weighted by Crippen LogP contribution is -2.45. The van der Waals surface area contributed by atoms with E-state index in [1.54, 1.807) is 39.0 Å². The molecule has 1 aromatic rings. The number of halogens is 2. The lowest BCUT2D eigenvalue weighted by atomic mass is 9.94. The molecule has 0 spiro atoms. The highest BCUT2D eigenvalue weighted by Gasteiger charge is 2.36. The lowest BCUT2D eigenvalue weighted by Gasteiger charge is -2.25. The number of carboxylic acid groups (broad SMARTS) is 1. The van der Waals surface area contributed by atoms with E-state index in [9.17, 15) is 14.7 Å². The van der Waals surface area contributed by atoms with Gasteiger partial charge in [-0.25, -0.2) is 0 Å². The number of hydrogen-bond acceptors (Lipinski definition) is 4. The molecular weight excluding hydrogens is 329 g/mol. The van der Waals surface area contributed by atoms with E-state index in [0.29, 0.717) is 15.6 Å². The van der Waals surface area contributed by atoms with Crippen LogP contribution < -0.4 is 5.73 Å². The van der Waals surface area contributed by atoms with E-state index < -0.39 is 29.5 Å². The van der Waals surface area contributed by atoms with Gasteiger partial charge in [-0.15, -0.1) is 0 Å². The third kappa shape index (κ3) is 5.48. The Bertz CT molecular complexity index is 569. The zero-order chi connectivity index (χ0) is 17.1. The second kappa shape index (κ2) is 7.31. The summed E-state index contributed by atoms with van der Waals surface area (Å²) >= 11 is 11.7. The minimum Gasteiger partial charge on any atom is -0.481 e. The maximum atomic E-state index is 12.0. The average molecular weight is 348 g/mol. The number of esters is 1. The van der Waals surface area contributed by atoms with Crippen molar-refractivity contribution >= 4 is 35.1 Å². The molecule has 5 nitrogen and oxygen atoms in total. The number of ether oxygens (including phenoxy) is 1. The highest BCUT2D eigenvalue weighted by Crippen LogP contribution is 2.24. The van der Waals surface area contributed by atoms with Gasteiger partial charge in [-0.05, 0) is 44.9 Å². The number of rotatable bonds is 5. The fraction of sp³-hybridized carbons (Fsp3) is 0.467. The summed E-state index contributed by atoms with van der Waals surface area (Å²) in [6, 6.07) is 3.93. The Hall–Kier alpha value is -1.30. The molecule has 122 valence electrons. The zero-order valence-corrected chi connectivity index (χ0v) is 14.1. The topological polar surface area (TPSA) is 89.6 Å². The van der Waals surface area contributed by atoms with E-state index in [4.69, 9.17) is 33.7 Å². The van der Waals surface area contributed by atoms with E-state index in [0.717, 1.165) is 0 Å². The molecule has 0 aliphatic heterocycles. The number of carbonyl (C=O) groups is 2. The number of nitrogens with two attached hydrogens (primary N) is 1. The van der Waals surface area contributed by atoms with Crippen LogP contribution in [0.25, 0.3) is 0 Å². The van der Waals surface area contributed by atoms with E-state index in [1.807, 2.05) is 0 Å². The molecule has 0 saturated heterocycles. The van der Waals surface area contributed by atoms with Gasteiger partial charge in [-0.1, -0.05) is 29.3 Å². The quantitative estimate of drug-likeness (QED) is 0.631. The third-order valence-electron chi connectivity index (χ3n) is 2.81. The molecule has 0 aliphatic carbocycles. The molecule has 1 rings (SSSR count). The molecule has 2 atom stereocenters. The lowest BCUT2D eigenvalue weighted by molar-refractivity contribution is -0.167. The normalized spacial score (nSPS) is 14.3. The molecule has 0 amide bonds. The fourth-order valence-corrected chi connectivity index (χ4v) is 2.20. The van der Waals surface area contributed by atoms with E-state index in [1.165, 1.54) is 0 Å². The zero-order valence-electron chi connectivity index (χ0n) is 12.6. The van der Waals surface area contributed by atoms with Crippen LogP contribution in [0.1, 0.15) is 26.3 Å². The van der Waals surface area contributed by atoms with Crippen molar-refractivity contribution in [2.45, 2.75) is 38.8 Å². The minimum atomic E-state index is -1.45. The van der Waals surface area contributed by atoms with Crippen LogP contribution in [-0.2, 0) is 20.7 Å². The molecule has 0 heterocycles. The van der Waals surface area contributed by atoms with Gasteiger partial charge in [-0.2, -0.15) is 0 Å². The average Bonchev–Trinajstić information content (AvgIpc) is 2.31. The third-order valence-corrected chi connectivity index (χ3v) is 3.55. The Morgan fingerprint density at radius 3 is 2.32 bits per heavy atom. The van der Waals surface area contributed by atoms with Gasteiger partial charge in [0, 0.05) is 6.04 Å². The van der Waals surface area contributed by atoms with Crippen molar-refractivity contribution in [2.75, 3.05) is 0 Å². The molecule has 0 saturated carbocycles. The molecular formula is C15H19Cl2NO4. The first-order valence-corrected chi connectivity index (χ1v) is 7.42. The Balaban J connectivity index is 2.89. The SMILES string of the molecule is CC(C)(C)OC(=O)[C@H](C(=O)O)[C@H](N)Cc1ccc(Cl)c(Cl)c1. The van der Waals surface area contributed by atoms with Gasteiger partial charge in [0.2, 0.25) is 0 Å². The predicted molar refractivity (Wildman–Crippen MR) is 85.1 cm³/mol. The maximum Gasteiger partial charge on any atom is 0.322 e. The monoisotopic (exact) mass is 347 g/mol. The van der Waals surface area contributed by atoms with Crippen molar-refractivity contribution in [3.05, 3.63) is 33.8 Å². The Labute approximate surface area is 139 Å². The molecule has 0 radical (unpaired) electrons. The van der Waals surface area contributed by atoms with Crippen LogP contribution in [0.4, 0.5) is 0 Å². The standard InChI is InChI=1S/C15H19Cl2NO4/c1-15(2,3)22-14(21)12(13(19)20)11(18)7-8-4-5-9(16)10(17)6-8/h4-6,11-12H,7,18H2,1-3H3,(H,19,20)/t11-,12+/m1/s1. The summed E-state index contributed by atoms with van der Waals surface area (Å²) in [6.45, 7) is 4.98. The summed E-state index contributed by atoms with van der Waals surface area (Å²) in [7, 11) is 0. The number of carbonyl (C=O) groups excluding carboxylic acids is 1. The van der Waals surface area contributed by atoms with Gasteiger partial charge in [0.1, 0.15) is 5.60 Å². The summed E-state index contributed by atoms with van der Waals surface area (Å²) in [4.78, 5) is 23.4. The molecule has 0 aromatic heterocycles. The van der Waals surface area contributed by atoms with Gasteiger partial charge in [0.15, 0.2) is 5.92 Å². The largest absolute Gasteiger partial charge is 0.481 e. The summed E-state index contributed by atoms with van der Waals surface area (Å²) in [5, 5.41) is 9.99. The van der Waals surface area contributed by atoms with Crippen LogP contribution in [0.15, 0.2) is 18.2 Å². The van der Waals surface area contributed by atoms with Crippen molar-refractivity contribution in [1.29, 1.82) is 0 Å². The van der Waals surface area contributed by atoms with Crippen LogP contribution in [0.2, 0.25) is 10.0 Å². The van der Waals surface area contributed by atoms with Crippen molar-refractivity contribution in [3.63, 3.8) is 0 Å². The van der Waals surface area contributed by atoms with Gasteiger partial charge >= 0.3 is 11.9 Å². The molecule has 3 N–H and O–H groups in total. The number of benzene rings is 1. The van der Waals surface area contributed by atoms with E-state index in [-0.39, 0.29) is 6.42 Å². The summed E-state index contributed by atoms with van der Waals surface area (Å²) in [6.07, 6.45) is 0.160. The first-order chi connectivity index (χ1) is 10.0. The van der Waals surface area contributed by atoms with Gasteiger partial charge in [-0.3, -0.25) is 9.59 Å². The van der Waals surface area contributed by atoms with Crippen molar-refractivity contribution in [2.24, 2.45) is 11.7 Å². The van der Waals surface area contributed by atoms with Gasteiger partial charge < -0.3 is 15.6 Å². The fourth-order valence-electron chi connectivity index (χ4n) is 1.88. The molecule has 0 bridgehead atoms. The highest BCUT2D eigenvalue weighted by atomic mass is 35.5. The Kier molecular flexibility index (Phi) is 6.23. The van der Waals surface area contributed by atoms with Crippen molar-refractivity contribution in [3.8, 4) is 0 Å². The Morgan fingerprint density at radius 1 is 1.27 bits per heavy atom. The van der Waals surface area contributed by atoms with E-state index >= 15 is 0 Å². The molecule has 0 unspecified atom stereocenters. The molecule has 22 heavy (non-hydrogen) atoms. The maximum absolute atomic E-state index is 12.0. The van der Waals surface area contributed by atoms with Gasteiger partial charge in [0.05, 0.1) is 10.0 Å². The minimum absolute atomic E-state index is 0.160. The van der Waals surface area contributed by atoms with E-state index in [2.05, 4.69) is 0 Å². The number of carboxylic acids is 1. The number of hydrogen-bond donors (Lipinski definition) is 2. The molecule has 7 heteroatoms. The molecule has 0 fully saturated rings. The van der Waals surface area contributed by atoms with Crippen molar-refractivity contribution < 1.29 is 19.4 Å². The predicted octanol–water partition coefficient (Wildman–Crippen LogP) is 2.91. The second-order valence-electron chi connectivity index (χ2n) is 5.97. The van der Waals surface area contributed by atoms with Gasteiger partial charge in [0.25, 0.3) is 0 Å². The first kappa shape index (κ1) is 18.7. The smallest absolute Gasteiger partial charge is 0.322 e. The second-order valence-corrected chi connectivity index (χ2v) is 6.78. The van der Waals surface area contributed by atoms with Crippen molar-refractivity contribution in [1.82, 2.24) is 0 Å². The summed E-state index contributed by atoms with van der Waals surface area (Å²) < 4.78 is 5.12. The number of aliphatic carboxylic acids is 1. The van der Waals surface area contributed by atoms with Crippen LogP contribution in [0.3, 0.4) is 0 Å². The highest BCUT2D eigenvalue weighted by molar-refractivity contribution is 6.42. The van der Waals surface area contributed by atoms with Crippen LogP contribution in [-0.4, -0.2) is 28.7 Å². The van der Waals surface area contributed by atoms with Crippen LogP contribution in [0.5, 0.6) is 0 Å². The first-order valence-electron chi connectivity index (χ1n) is 6.66. The summed E-state index contributed by atoms with van der Waals surface area (Å²) in [5.41, 5.74) is 5.81. The molecule has 1 aromatic carbocycles. The molecule has 0 aliphatic rings. The van der Waals surface area contributed by atoms with Crippen LogP contribution >= 0.6 is 23.2 Å². The Morgan fingerprint density at radius 2 is 1.86 bits per heavy atom.